The third-order valence-corrected chi connectivity index (χ3v) is 2.53. The third kappa shape index (κ3) is 2.72. The Morgan fingerprint density at radius 2 is 1.93 bits per heavy atom. The van der Waals surface area contributed by atoms with Gasteiger partial charge in [-0.3, -0.25) is 15.6 Å². The lowest BCUT2D eigenvalue weighted by Gasteiger charge is -2.18. The van der Waals surface area contributed by atoms with Crippen LogP contribution in [-0.4, -0.2) is 46.5 Å². The van der Waals surface area contributed by atoms with E-state index in [2.05, 4.69) is 5.09 Å². The predicted octanol–water partition coefficient (Wildman–Crippen LogP) is -2.96. The van der Waals surface area contributed by atoms with Gasteiger partial charge in [0.05, 0.1) is 6.61 Å². The zero-order chi connectivity index (χ0) is 10.9. The van der Waals surface area contributed by atoms with Crippen LogP contribution in [0.2, 0.25) is 0 Å². The van der Waals surface area contributed by atoms with Gasteiger partial charge in [0.1, 0.15) is 24.5 Å². The summed E-state index contributed by atoms with van der Waals surface area (Å²) in [6.07, 6.45) is -4.66. The van der Waals surface area contributed by atoms with E-state index >= 15 is 0 Å². The minimum Gasteiger partial charge on any atom is -0.394 e. The number of nitrogens with two attached hydrogens (primary N) is 2. The van der Waals surface area contributed by atoms with Crippen molar-refractivity contribution in [2.45, 2.75) is 24.5 Å². The molecule has 1 unspecified atom stereocenters. The predicted molar refractivity (Wildman–Crippen MR) is 46.9 cm³/mol. The number of hydrogen-bond donors (Lipinski definition) is 6. The van der Waals surface area contributed by atoms with Gasteiger partial charge in [0.25, 0.3) is 7.59 Å². The normalized spacial score (nSPS) is 38.9. The minimum absolute atomic E-state index is 0.462. The van der Waals surface area contributed by atoms with Crippen LogP contribution >= 0.6 is 7.59 Å². The molecule has 0 spiro atoms. The number of hydrogen-bond acceptors (Lipinski definition) is 5. The van der Waals surface area contributed by atoms with Crippen molar-refractivity contribution in [3.8, 4) is 0 Å². The molecule has 84 valence electrons. The van der Waals surface area contributed by atoms with Gasteiger partial charge in [0.2, 0.25) is 0 Å². The SMILES string of the molecule is NP(N)(=O)NC1O[C@H](CO)[C@@H](O)[C@H]1O. The maximum atomic E-state index is 10.9. The molecule has 0 aliphatic carbocycles. The summed E-state index contributed by atoms with van der Waals surface area (Å²) < 4.78 is 15.8. The molecule has 1 rings (SSSR count). The first-order valence-corrected chi connectivity index (χ1v) is 5.77. The van der Waals surface area contributed by atoms with Crippen molar-refractivity contribution in [2.75, 3.05) is 6.61 Å². The second-order valence-electron chi connectivity index (χ2n) is 3.10. The third-order valence-electron chi connectivity index (χ3n) is 1.87. The van der Waals surface area contributed by atoms with Crippen LogP contribution in [0.25, 0.3) is 0 Å². The van der Waals surface area contributed by atoms with Crippen LogP contribution in [0.3, 0.4) is 0 Å². The van der Waals surface area contributed by atoms with E-state index in [1.807, 2.05) is 0 Å². The Labute approximate surface area is 80.4 Å². The van der Waals surface area contributed by atoms with E-state index in [0.717, 1.165) is 0 Å². The van der Waals surface area contributed by atoms with E-state index in [1.165, 1.54) is 0 Å². The monoisotopic (exact) mass is 227 g/mol. The number of rotatable bonds is 3. The first-order valence-electron chi connectivity index (χ1n) is 3.92. The molecule has 1 aliphatic heterocycles. The van der Waals surface area contributed by atoms with Crippen molar-refractivity contribution >= 4 is 7.59 Å². The lowest BCUT2D eigenvalue weighted by Crippen LogP contribution is -2.41. The maximum Gasteiger partial charge on any atom is 0.275 e. The molecule has 0 aromatic carbocycles. The fourth-order valence-corrected chi connectivity index (χ4v) is 1.82. The van der Waals surface area contributed by atoms with Crippen molar-refractivity contribution in [3.63, 3.8) is 0 Å². The molecule has 0 aromatic rings. The summed E-state index contributed by atoms with van der Waals surface area (Å²) >= 11 is 0. The van der Waals surface area contributed by atoms with Crippen molar-refractivity contribution in [3.05, 3.63) is 0 Å². The molecule has 1 heterocycles. The molecule has 14 heavy (non-hydrogen) atoms. The van der Waals surface area contributed by atoms with Crippen molar-refractivity contribution in [1.82, 2.24) is 5.09 Å². The van der Waals surface area contributed by atoms with E-state index in [0.29, 0.717) is 0 Å². The van der Waals surface area contributed by atoms with E-state index in [1.54, 1.807) is 0 Å². The molecule has 4 atom stereocenters. The largest absolute Gasteiger partial charge is 0.394 e. The number of nitrogens with one attached hydrogen (secondary N) is 1. The maximum absolute atomic E-state index is 10.9. The lowest BCUT2D eigenvalue weighted by atomic mass is 10.1. The zero-order valence-corrected chi connectivity index (χ0v) is 8.17. The average molecular weight is 227 g/mol. The van der Waals surface area contributed by atoms with Crippen LogP contribution in [0.4, 0.5) is 0 Å². The first kappa shape index (κ1) is 12.0. The molecule has 1 fully saturated rings. The Balaban J connectivity index is 2.61. The van der Waals surface area contributed by atoms with Crippen LogP contribution < -0.4 is 16.1 Å². The van der Waals surface area contributed by atoms with Crippen LogP contribution in [0.1, 0.15) is 0 Å². The Hall–Kier alpha value is -0.0500. The number of aliphatic hydroxyl groups excluding tert-OH is 3. The van der Waals surface area contributed by atoms with Crippen molar-refractivity contribution in [1.29, 1.82) is 0 Å². The van der Waals surface area contributed by atoms with E-state index in [4.69, 9.17) is 20.9 Å². The van der Waals surface area contributed by atoms with Crippen LogP contribution in [-0.2, 0) is 9.30 Å². The highest BCUT2D eigenvalue weighted by molar-refractivity contribution is 7.56. The Morgan fingerprint density at radius 1 is 1.36 bits per heavy atom. The quantitative estimate of drug-likeness (QED) is 0.280. The number of aliphatic hydroxyl groups is 3. The summed E-state index contributed by atoms with van der Waals surface area (Å²) in [7, 11) is -3.54. The summed E-state index contributed by atoms with van der Waals surface area (Å²) in [5.41, 5.74) is 9.99. The fourth-order valence-electron chi connectivity index (χ4n) is 1.21. The molecule has 0 saturated carbocycles. The van der Waals surface area contributed by atoms with Gasteiger partial charge in [-0.1, -0.05) is 0 Å². The van der Waals surface area contributed by atoms with Gasteiger partial charge < -0.3 is 20.1 Å². The highest BCUT2D eigenvalue weighted by atomic mass is 31.2. The van der Waals surface area contributed by atoms with Gasteiger partial charge in [-0.15, -0.1) is 0 Å². The van der Waals surface area contributed by atoms with Gasteiger partial charge >= 0.3 is 0 Å². The summed E-state index contributed by atoms with van der Waals surface area (Å²) in [5.74, 6) is 0. The standard InChI is InChI=1S/C5H14N3O5P/c6-14(7,12)8-5-4(11)3(10)2(1-9)13-5/h2-5,9-11H,1H2,(H5,6,7,8,12)/t2-,3-,4-,5?/m1/s1. The lowest BCUT2D eigenvalue weighted by molar-refractivity contribution is -0.0252. The fraction of sp³-hybridized carbons (Fsp3) is 1.00. The summed E-state index contributed by atoms with van der Waals surface area (Å²) in [5, 5.41) is 29.5. The van der Waals surface area contributed by atoms with Gasteiger partial charge in [-0.05, 0) is 0 Å². The second kappa shape index (κ2) is 4.21. The molecule has 1 saturated heterocycles. The molecule has 0 amide bonds. The Morgan fingerprint density at radius 3 is 2.29 bits per heavy atom. The Bertz CT molecular complexity index is 246. The molecule has 9 heteroatoms. The van der Waals surface area contributed by atoms with E-state index in [-0.39, 0.29) is 0 Å². The van der Waals surface area contributed by atoms with Crippen molar-refractivity contribution < 1.29 is 24.6 Å². The highest BCUT2D eigenvalue weighted by Crippen LogP contribution is 2.26. The first-order chi connectivity index (χ1) is 6.35. The van der Waals surface area contributed by atoms with Crippen molar-refractivity contribution in [2.24, 2.45) is 11.0 Å². The van der Waals surface area contributed by atoms with Gasteiger partial charge in [0, 0.05) is 0 Å². The molecule has 0 aromatic heterocycles. The van der Waals surface area contributed by atoms with Gasteiger partial charge in [-0.2, -0.15) is 0 Å². The molecule has 0 bridgehead atoms. The van der Waals surface area contributed by atoms with E-state index in [9.17, 15) is 14.8 Å². The van der Waals surface area contributed by atoms with Crippen LogP contribution in [0.15, 0.2) is 0 Å². The molecule has 8 nitrogen and oxygen atoms in total. The van der Waals surface area contributed by atoms with Gasteiger partial charge in [0.15, 0.2) is 0 Å². The minimum atomic E-state index is -3.54. The molecular formula is C5H14N3O5P. The molecular weight excluding hydrogens is 213 g/mol. The highest BCUT2D eigenvalue weighted by Gasteiger charge is 2.43. The number of ether oxygens (including phenoxy) is 1. The topological polar surface area (TPSA) is 151 Å². The molecule has 0 radical (unpaired) electrons. The Kier molecular flexibility index (Phi) is 3.62. The van der Waals surface area contributed by atoms with Crippen LogP contribution in [0.5, 0.6) is 0 Å². The molecule has 8 N–H and O–H groups in total. The van der Waals surface area contributed by atoms with E-state index < -0.39 is 38.7 Å². The summed E-state index contributed by atoms with van der Waals surface area (Å²) in [6, 6.07) is 0. The zero-order valence-electron chi connectivity index (χ0n) is 7.28. The smallest absolute Gasteiger partial charge is 0.275 e. The summed E-state index contributed by atoms with van der Waals surface area (Å²) in [6.45, 7) is -0.462. The second-order valence-corrected chi connectivity index (χ2v) is 4.77. The average Bonchev–Trinajstić information content (AvgIpc) is 2.30. The van der Waals surface area contributed by atoms with Crippen LogP contribution in [0, 0.1) is 0 Å². The summed E-state index contributed by atoms with van der Waals surface area (Å²) in [4.78, 5) is 0. The van der Waals surface area contributed by atoms with Gasteiger partial charge in [-0.25, -0.2) is 5.09 Å². The molecule has 1 aliphatic rings.